The highest BCUT2D eigenvalue weighted by molar-refractivity contribution is 6.32. The number of hydrogen-bond acceptors (Lipinski definition) is 3. The largest absolute Gasteiger partial charge is 0.349 e. The van der Waals surface area contributed by atoms with E-state index in [1.54, 1.807) is 0 Å². The van der Waals surface area contributed by atoms with E-state index in [0.717, 1.165) is 12.3 Å². The summed E-state index contributed by atoms with van der Waals surface area (Å²) < 4.78 is 0. The third-order valence-electron chi connectivity index (χ3n) is 4.46. The first-order valence-electron chi connectivity index (χ1n) is 6.79. The normalized spacial score (nSPS) is 27.6. The number of nitrogens with zero attached hydrogens (tertiary/aromatic N) is 1. The number of hydrogen-bond donors (Lipinski definition) is 1. The second-order valence-electron chi connectivity index (χ2n) is 5.68. The molecule has 0 aliphatic heterocycles. The molecule has 6 heteroatoms. The Morgan fingerprint density at radius 3 is 2.75 bits per heavy atom. The summed E-state index contributed by atoms with van der Waals surface area (Å²) in [7, 11) is 0. The number of amides is 1. The van der Waals surface area contributed by atoms with Crippen molar-refractivity contribution in [1.82, 2.24) is 5.32 Å². The highest BCUT2D eigenvalue weighted by Crippen LogP contribution is 2.44. The number of carbonyl (C=O) groups is 1. The smallest absolute Gasteiger partial charge is 0.288 e. The molecular formula is C14H15ClN2O3. The number of benzene rings is 1. The van der Waals surface area contributed by atoms with Crippen LogP contribution in [0.2, 0.25) is 5.02 Å². The number of nitro benzene ring substituents is 1. The maximum absolute atomic E-state index is 12.2. The Bertz CT molecular complexity index is 576. The lowest BCUT2D eigenvalue weighted by molar-refractivity contribution is -0.384. The third kappa shape index (κ3) is 2.38. The van der Waals surface area contributed by atoms with E-state index in [9.17, 15) is 14.9 Å². The molecule has 0 saturated heterocycles. The van der Waals surface area contributed by atoms with Gasteiger partial charge in [-0.25, -0.2) is 0 Å². The van der Waals surface area contributed by atoms with Gasteiger partial charge in [-0.05, 0) is 43.2 Å². The van der Waals surface area contributed by atoms with Gasteiger partial charge in [0.25, 0.3) is 11.6 Å². The minimum Gasteiger partial charge on any atom is -0.349 e. The molecule has 1 aromatic rings. The molecule has 0 spiro atoms. The van der Waals surface area contributed by atoms with Crippen LogP contribution in [0.25, 0.3) is 0 Å². The van der Waals surface area contributed by atoms with Crippen molar-refractivity contribution in [3.05, 3.63) is 38.9 Å². The zero-order chi connectivity index (χ0) is 14.3. The molecule has 2 aliphatic carbocycles. The van der Waals surface area contributed by atoms with Gasteiger partial charge in [0.15, 0.2) is 0 Å². The zero-order valence-corrected chi connectivity index (χ0v) is 11.6. The third-order valence-corrected chi connectivity index (χ3v) is 4.78. The van der Waals surface area contributed by atoms with Crippen molar-refractivity contribution in [3.63, 3.8) is 0 Å². The summed E-state index contributed by atoms with van der Waals surface area (Å²) in [5.74, 6) is 1.07. The quantitative estimate of drug-likeness (QED) is 0.687. The van der Waals surface area contributed by atoms with Crippen LogP contribution in [0.15, 0.2) is 18.2 Å². The molecule has 1 N–H and O–H groups in total. The molecule has 2 fully saturated rings. The Balaban J connectivity index is 1.74. The Hall–Kier alpha value is -1.62. The lowest BCUT2D eigenvalue weighted by Crippen LogP contribution is -2.38. The summed E-state index contributed by atoms with van der Waals surface area (Å²) >= 11 is 5.74. The summed E-state index contributed by atoms with van der Waals surface area (Å²) in [4.78, 5) is 22.4. The zero-order valence-electron chi connectivity index (χ0n) is 10.8. The van der Waals surface area contributed by atoms with E-state index in [4.69, 9.17) is 11.6 Å². The second-order valence-corrected chi connectivity index (χ2v) is 6.09. The number of nitrogens with one attached hydrogen (secondary N) is 1. The first-order chi connectivity index (χ1) is 9.54. The van der Waals surface area contributed by atoms with Gasteiger partial charge < -0.3 is 5.32 Å². The lowest BCUT2D eigenvalue weighted by atomic mass is 9.95. The first kappa shape index (κ1) is 13.4. The Morgan fingerprint density at radius 2 is 2.15 bits per heavy atom. The maximum Gasteiger partial charge on any atom is 0.288 e. The number of rotatable bonds is 3. The van der Waals surface area contributed by atoms with E-state index in [-0.39, 0.29) is 22.7 Å². The SMILES string of the molecule is O=C(N[C@H]1C[C@H]2CC[C@H]1C2)c1ccc(Cl)c([N+](=O)[O-])c1. The molecule has 1 amide bonds. The molecule has 3 atom stereocenters. The van der Waals surface area contributed by atoms with Crippen molar-refractivity contribution < 1.29 is 9.72 Å². The molecule has 106 valence electrons. The fourth-order valence-corrected chi connectivity index (χ4v) is 3.65. The molecule has 5 nitrogen and oxygen atoms in total. The number of fused-ring (bicyclic) bond motifs is 2. The molecule has 0 heterocycles. The highest BCUT2D eigenvalue weighted by atomic mass is 35.5. The van der Waals surface area contributed by atoms with E-state index < -0.39 is 4.92 Å². The monoisotopic (exact) mass is 294 g/mol. The summed E-state index contributed by atoms with van der Waals surface area (Å²) in [6.07, 6.45) is 4.68. The van der Waals surface area contributed by atoms with E-state index in [0.29, 0.717) is 11.5 Å². The van der Waals surface area contributed by atoms with Crippen LogP contribution in [0.4, 0.5) is 5.69 Å². The van der Waals surface area contributed by atoms with Gasteiger partial charge in [0.2, 0.25) is 0 Å². The van der Waals surface area contributed by atoms with E-state index in [2.05, 4.69) is 5.32 Å². The van der Waals surface area contributed by atoms with Crippen molar-refractivity contribution in [1.29, 1.82) is 0 Å². The average molecular weight is 295 g/mol. The predicted molar refractivity (Wildman–Crippen MR) is 74.8 cm³/mol. The number of carbonyl (C=O) groups excluding carboxylic acids is 1. The van der Waals surface area contributed by atoms with Crippen molar-refractivity contribution >= 4 is 23.2 Å². The molecule has 3 rings (SSSR count). The summed E-state index contributed by atoms with van der Waals surface area (Å²) in [6, 6.07) is 4.38. The molecule has 0 radical (unpaired) electrons. The van der Waals surface area contributed by atoms with Gasteiger partial charge >= 0.3 is 0 Å². The summed E-state index contributed by atoms with van der Waals surface area (Å²) in [5, 5.41) is 13.9. The van der Waals surface area contributed by atoms with Gasteiger partial charge in [0, 0.05) is 17.7 Å². The van der Waals surface area contributed by atoms with Crippen LogP contribution in [0.5, 0.6) is 0 Å². The highest BCUT2D eigenvalue weighted by Gasteiger charge is 2.40. The summed E-state index contributed by atoms with van der Waals surface area (Å²) in [5.41, 5.74) is 0.0659. The fraction of sp³-hybridized carbons (Fsp3) is 0.500. The van der Waals surface area contributed by atoms with Gasteiger partial charge in [-0.3, -0.25) is 14.9 Å². The van der Waals surface area contributed by atoms with Crippen LogP contribution in [-0.2, 0) is 0 Å². The van der Waals surface area contributed by atoms with Crippen molar-refractivity contribution in [2.45, 2.75) is 31.7 Å². The first-order valence-corrected chi connectivity index (χ1v) is 7.17. The minimum absolute atomic E-state index is 0.0477. The molecule has 20 heavy (non-hydrogen) atoms. The predicted octanol–water partition coefficient (Wildman–Crippen LogP) is 3.17. The van der Waals surface area contributed by atoms with Gasteiger partial charge in [0.05, 0.1) is 4.92 Å². The second kappa shape index (κ2) is 5.05. The Labute approximate surface area is 121 Å². The Morgan fingerprint density at radius 1 is 1.35 bits per heavy atom. The van der Waals surface area contributed by atoms with Gasteiger partial charge in [-0.2, -0.15) is 0 Å². The average Bonchev–Trinajstić information content (AvgIpc) is 3.01. The van der Waals surface area contributed by atoms with Gasteiger partial charge in [-0.15, -0.1) is 0 Å². The van der Waals surface area contributed by atoms with Crippen molar-refractivity contribution in [3.8, 4) is 0 Å². The van der Waals surface area contributed by atoms with E-state index >= 15 is 0 Å². The summed E-state index contributed by atoms with van der Waals surface area (Å²) in [6.45, 7) is 0. The van der Waals surface area contributed by atoms with Crippen LogP contribution in [0.1, 0.15) is 36.0 Å². The molecule has 2 aliphatic rings. The van der Waals surface area contributed by atoms with Crippen LogP contribution >= 0.6 is 11.6 Å². The van der Waals surface area contributed by atoms with Gasteiger partial charge in [0.1, 0.15) is 5.02 Å². The standard InChI is InChI=1S/C14H15ClN2O3/c15-11-4-3-10(7-13(11)17(19)20)14(18)16-12-6-8-1-2-9(12)5-8/h3-4,7-9,12H,1-2,5-6H2,(H,16,18)/t8-,9-,12-/m0/s1. The van der Waals surface area contributed by atoms with E-state index in [1.165, 1.54) is 37.5 Å². The number of nitro groups is 1. The van der Waals surface area contributed by atoms with Crippen molar-refractivity contribution in [2.24, 2.45) is 11.8 Å². The number of halogens is 1. The van der Waals surface area contributed by atoms with Crippen molar-refractivity contribution in [2.75, 3.05) is 0 Å². The van der Waals surface area contributed by atoms with Crippen LogP contribution < -0.4 is 5.32 Å². The van der Waals surface area contributed by atoms with Crippen LogP contribution in [0.3, 0.4) is 0 Å². The van der Waals surface area contributed by atoms with Gasteiger partial charge in [-0.1, -0.05) is 18.0 Å². The molecule has 0 unspecified atom stereocenters. The van der Waals surface area contributed by atoms with E-state index in [1.807, 2.05) is 0 Å². The minimum atomic E-state index is -0.573. The fourth-order valence-electron chi connectivity index (χ4n) is 3.47. The topological polar surface area (TPSA) is 72.2 Å². The Kier molecular flexibility index (Phi) is 3.38. The lowest BCUT2D eigenvalue weighted by Gasteiger charge is -2.22. The molecule has 0 aromatic heterocycles. The van der Waals surface area contributed by atoms with Crippen LogP contribution in [-0.4, -0.2) is 16.9 Å². The maximum atomic E-state index is 12.2. The molecule has 2 bridgehead atoms. The molecule has 2 saturated carbocycles. The molecule has 1 aromatic carbocycles. The van der Waals surface area contributed by atoms with Crippen LogP contribution in [0, 0.1) is 22.0 Å². The molecular weight excluding hydrogens is 280 g/mol.